The molecule has 1 fully saturated rings. The molecule has 0 aromatic heterocycles. The summed E-state index contributed by atoms with van der Waals surface area (Å²) in [5, 5.41) is 104. The van der Waals surface area contributed by atoms with Crippen molar-refractivity contribution in [2.75, 3.05) is 52.5 Å². The Balaban J connectivity index is 3.28. The number of nitrogens with two attached hydrogens (primary N) is 3. The number of nitrogens with zero attached hydrogens (tertiary/aromatic N) is 1. The molecule has 1 rings (SSSR count). The van der Waals surface area contributed by atoms with Crippen LogP contribution in [0, 0.1) is 29.6 Å². The fourth-order valence-corrected chi connectivity index (χ4v) is 12.3. The molecule has 0 aliphatic carbocycles. The van der Waals surface area contributed by atoms with Crippen LogP contribution in [0.25, 0.3) is 0 Å². The highest BCUT2D eigenvalue weighted by Gasteiger charge is 2.42. The number of carboxylic acid groups (broad SMARTS) is 4. The van der Waals surface area contributed by atoms with Gasteiger partial charge in [0, 0.05) is 19.4 Å². The van der Waals surface area contributed by atoms with Gasteiger partial charge in [-0.05, 0) is 127 Å². The van der Waals surface area contributed by atoms with E-state index in [1.165, 1.54) is 27.7 Å². The van der Waals surface area contributed by atoms with Crippen LogP contribution in [-0.4, -0.2) is 302 Å². The first kappa shape index (κ1) is 108. The second-order valence-electron chi connectivity index (χ2n) is 31.5. The van der Waals surface area contributed by atoms with Crippen LogP contribution in [0.2, 0.25) is 0 Å². The van der Waals surface area contributed by atoms with Gasteiger partial charge in [0.15, 0.2) is 0 Å². The number of aliphatic hydroxyl groups excluding tert-OH is 3. The fraction of sp³-hybridized carbons (Fsp3) is 0.733. The van der Waals surface area contributed by atoms with Gasteiger partial charge < -0.3 is 138 Å². The summed E-state index contributed by atoms with van der Waals surface area (Å²) in [4.78, 5) is 266. The molecule has 28 N–H and O–H groups in total. The van der Waals surface area contributed by atoms with Crippen molar-refractivity contribution < 1.29 is 132 Å². The number of aliphatic hydroxyl groups is 3. The van der Waals surface area contributed by atoms with Crippen molar-refractivity contribution in [3.8, 4) is 0 Å². The minimum absolute atomic E-state index is 0.00681. The summed E-state index contributed by atoms with van der Waals surface area (Å²) in [6.45, 7) is 13.3. The molecule has 1 aliphatic rings. The molecule has 46 heteroatoms. The van der Waals surface area contributed by atoms with Crippen molar-refractivity contribution in [1.82, 2.24) is 84.7 Å². The molecule has 121 heavy (non-hydrogen) atoms. The van der Waals surface area contributed by atoms with E-state index in [2.05, 4.69) is 74.4 Å². The molecule has 46 nitrogen and oxygen atoms in total. The number of nitrogens with one attached hydrogen (secondary N) is 15. The third kappa shape index (κ3) is 41.3. The molecule has 0 aromatic rings. The topological polar surface area (TPSA) is 745 Å². The number of rotatable bonds is 59. The van der Waals surface area contributed by atoms with Gasteiger partial charge >= 0.3 is 23.9 Å². The van der Waals surface area contributed by atoms with Crippen molar-refractivity contribution in [2.45, 2.75) is 270 Å². The lowest BCUT2D eigenvalue weighted by molar-refractivity contribution is -0.144. The number of aliphatic carboxylic acids is 4. The summed E-state index contributed by atoms with van der Waals surface area (Å²) in [5.41, 5.74) is 17.2. The lowest BCUT2D eigenvalue weighted by Crippen LogP contribution is -2.63. The summed E-state index contributed by atoms with van der Waals surface area (Å²) < 4.78 is 0. The smallest absolute Gasteiger partial charge is 0.326 e. The van der Waals surface area contributed by atoms with Gasteiger partial charge in [0.25, 0.3) is 0 Å². The van der Waals surface area contributed by atoms with E-state index in [1.807, 2.05) is 5.32 Å². The number of hydrogen-bond donors (Lipinski definition) is 25. The highest BCUT2D eigenvalue weighted by Crippen LogP contribution is 2.22. The molecule has 686 valence electrons. The second-order valence-corrected chi connectivity index (χ2v) is 31.5. The van der Waals surface area contributed by atoms with Crippen LogP contribution in [0.15, 0.2) is 0 Å². The Bertz CT molecular complexity index is 3530. The average Bonchev–Trinajstić information content (AvgIpc) is 1.61. The molecule has 1 heterocycles. The van der Waals surface area contributed by atoms with Gasteiger partial charge in [-0.1, -0.05) is 75.7 Å². The maximum Gasteiger partial charge on any atom is 0.326 e. The monoisotopic (exact) mass is 1730 g/mol. The predicted molar refractivity (Wildman–Crippen MR) is 428 cm³/mol. The summed E-state index contributed by atoms with van der Waals surface area (Å²) in [6, 6.07) is -21.5. The van der Waals surface area contributed by atoms with E-state index in [0.29, 0.717) is 32.2 Å². The van der Waals surface area contributed by atoms with Gasteiger partial charge in [-0.2, -0.15) is 0 Å². The van der Waals surface area contributed by atoms with Gasteiger partial charge in [0.05, 0.1) is 51.4 Å². The number of carbonyl (C=O) groups excluding carboxylic acids is 16. The van der Waals surface area contributed by atoms with Gasteiger partial charge in [-0.25, -0.2) is 4.79 Å². The van der Waals surface area contributed by atoms with E-state index in [4.69, 9.17) is 22.3 Å². The van der Waals surface area contributed by atoms with Gasteiger partial charge in [-0.15, -0.1) is 0 Å². The van der Waals surface area contributed by atoms with Crippen LogP contribution >= 0.6 is 0 Å². The Morgan fingerprint density at radius 2 is 0.744 bits per heavy atom. The quantitative estimate of drug-likeness (QED) is 0.0252. The normalized spacial score (nSPS) is 16.0. The number of unbranched alkanes of at least 4 members (excludes halogenated alkanes) is 2. The summed E-state index contributed by atoms with van der Waals surface area (Å²) >= 11 is 0. The number of hydrogen-bond acceptors (Lipinski definition) is 26. The first-order valence-corrected chi connectivity index (χ1v) is 40.3. The van der Waals surface area contributed by atoms with E-state index >= 15 is 0 Å². The van der Waals surface area contributed by atoms with Crippen molar-refractivity contribution in [1.29, 1.82) is 0 Å². The molecule has 0 radical (unpaired) electrons. The number of likely N-dealkylation sites (tertiary alicyclic amines) is 1. The first-order valence-electron chi connectivity index (χ1n) is 40.3. The zero-order valence-electron chi connectivity index (χ0n) is 70.5. The molecule has 16 amide bonds. The largest absolute Gasteiger partial charge is 0.481 e. The minimum Gasteiger partial charge on any atom is -0.481 e. The lowest BCUT2D eigenvalue weighted by atomic mass is 9.98. The minimum atomic E-state index is -1.91. The van der Waals surface area contributed by atoms with E-state index < -0.39 is 292 Å². The van der Waals surface area contributed by atoms with Crippen molar-refractivity contribution in [3.05, 3.63) is 0 Å². The maximum atomic E-state index is 14.3. The van der Waals surface area contributed by atoms with Crippen molar-refractivity contribution >= 4 is 118 Å². The molecule has 15 atom stereocenters. The fourth-order valence-electron chi connectivity index (χ4n) is 12.3. The Morgan fingerprint density at radius 1 is 0.372 bits per heavy atom. The van der Waals surface area contributed by atoms with E-state index in [0.717, 1.165) is 11.8 Å². The highest BCUT2D eigenvalue weighted by atomic mass is 16.4. The predicted octanol–water partition coefficient (Wildman–Crippen LogP) is -8.17. The number of carboxylic acids is 4. The average molecular weight is 1730 g/mol. The molecule has 0 aromatic carbocycles. The van der Waals surface area contributed by atoms with Crippen LogP contribution < -0.4 is 97.0 Å². The highest BCUT2D eigenvalue weighted by molar-refractivity contribution is 6.01. The third-order valence-corrected chi connectivity index (χ3v) is 18.8. The summed E-state index contributed by atoms with van der Waals surface area (Å²) in [6.07, 6.45) is -3.05. The molecule has 0 saturated carbocycles. The molecule has 0 spiro atoms. The van der Waals surface area contributed by atoms with Gasteiger partial charge in [0.2, 0.25) is 94.5 Å². The second kappa shape index (κ2) is 55.9. The standard InChI is InChI=1S/C75H129N19O27/c1-36(2)27-46(86-64(109)43(18-13-15-25-77)84-68(113)50(34-95)89-62(107)42(78)17-12-14-24-76)63(108)80-33-55(100)83-48(30-58(105)106)66(111)87-47(28-37(3)4)67(112)91-60(40(9)10)72(117)93-61(41(11)97)73(118)92-59(39(7)8)71(116)90-51(35-96)69(114)88-49(29-38(5)6)74(119)94-26-16-19-52(94)70(115)81-31-53(98)79-32-54(99)82-44(20-22-56(101)102)65(110)85-45(75(120)121)21-23-57(103)104/h36-52,59-61,95-97H,12-35,76-78H2,1-11H3,(H,79,98)(H,80,108)(H,81,115)(H,82,99)(H,83,100)(H,84,113)(H,85,110)(H,86,109)(H,87,111)(H,88,114)(H,89,107)(H,90,116)(H,91,112)(H,92,118)(H,93,117)(H,101,102)(H,103,104)(H,105,106)(H,120,121)/t41-,42+,43+,44+,45+,46+,47+,48+,49+,50+,51+,52+,59+,60+,61+/m1/s1. The first-order chi connectivity index (χ1) is 56.6. The van der Waals surface area contributed by atoms with Crippen molar-refractivity contribution in [2.24, 2.45) is 46.8 Å². The summed E-state index contributed by atoms with van der Waals surface area (Å²) in [5.74, 6) is -24.6. The van der Waals surface area contributed by atoms with Crippen molar-refractivity contribution in [3.63, 3.8) is 0 Å². The van der Waals surface area contributed by atoms with Gasteiger partial charge in [-0.3, -0.25) is 91.1 Å². The van der Waals surface area contributed by atoms with Crippen LogP contribution in [0.1, 0.15) is 179 Å². The zero-order chi connectivity index (χ0) is 92.2. The zero-order valence-corrected chi connectivity index (χ0v) is 70.5. The Hall–Kier alpha value is -10.8. The van der Waals surface area contributed by atoms with E-state index in [-0.39, 0.29) is 69.9 Å². The van der Waals surface area contributed by atoms with Crippen LogP contribution in [0.4, 0.5) is 0 Å². The molecular weight excluding hydrogens is 1600 g/mol. The molecular formula is C75H129N19O27. The Labute approximate surface area is 701 Å². The lowest BCUT2D eigenvalue weighted by Gasteiger charge is -2.31. The molecule has 0 unspecified atom stereocenters. The van der Waals surface area contributed by atoms with Gasteiger partial charge in [0.1, 0.15) is 78.5 Å². The molecule has 0 bridgehead atoms. The third-order valence-electron chi connectivity index (χ3n) is 18.8. The Morgan fingerprint density at radius 3 is 1.21 bits per heavy atom. The van der Waals surface area contributed by atoms with Crippen LogP contribution in [-0.2, 0) is 95.9 Å². The molecule has 1 aliphatic heterocycles. The van der Waals surface area contributed by atoms with E-state index in [9.17, 15) is 127 Å². The van der Waals surface area contributed by atoms with Crippen LogP contribution in [0.3, 0.4) is 0 Å². The SMILES string of the molecule is CC(C)C[C@H](NC(=O)[C@H](CCCCN)NC(=O)[C@H](CO)NC(=O)[C@@H](N)CCCCN)C(=O)NCC(=O)N[C@@H](CC(=O)O)C(=O)N[C@@H](CC(C)C)C(=O)N[C@H](C(=O)N[C@H](C(=O)N[C@H](C(=O)N[C@@H](CO)C(=O)N[C@@H](CC(C)C)C(=O)N1CCC[C@H]1C(=O)NCC(=O)NCC(=O)N[C@@H](CCC(=O)O)C(=O)N[C@@H](CCC(=O)O)C(=O)O)C(C)C)[C@@H](C)O)C(C)C. The number of carbonyl (C=O) groups is 20. The number of amides is 16. The maximum absolute atomic E-state index is 14.3. The molecule has 1 saturated heterocycles. The van der Waals surface area contributed by atoms with E-state index in [1.54, 1.807) is 41.5 Å². The summed E-state index contributed by atoms with van der Waals surface area (Å²) in [7, 11) is 0. The van der Waals surface area contributed by atoms with Crippen LogP contribution in [0.5, 0.6) is 0 Å². The Kier molecular flexibility index (Phi) is 50.0.